The maximum Gasteiger partial charge on any atom is 0.306 e. The highest BCUT2D eigenvalue weighted by atomic mass is 16.5. The lowest BCUT2D eigenvalue weighted by atomic mass is 10.2. The van der Waals surface area contributed by atoms with Gasteiger partial charge in [-0.2, -0.15) is 0 Å². The summed E-state index contributed by atoms with van der Waals surface area (Å²) in [6.45, 7) is 7.43. The quantitative estimate of drug-likeness (QED) is 0.452. The highest BCUT2D eigenvalue weighted by molar-refractivity contribution is 5.69. The largest absolute Gasteiger partial charge is 0.463 e. The minimum Gasteiger partial charge on any atom is -0.463 e. The molecule has 0 saturated carbocycles. The smallest absolute Gasteiger partial charge is 0.306 e. The Morgan fingerprint density at radius 3 is 2.64 bits per heavy atom. The molecule has 2 nitrogen and oxygen atoms in total. The zero-order valence-corrected chi connectivity index (χ0v) is 7.43. The van der Waals surface area contributed by atoms with Gasteiger partial charge in [-0.15, -0.1) is 0 Å². The first-order chi connectivity index (χ1) is 5.16. The van der Waals surface area contributed by atoms with Crippen molar-refractivity contribution in [2.24, 2.45) is 0 Å². The molecule has 0 saturated heterocycles. The van der Waals surface area contributed by atoms with E-state index in [1.807, 2.05) is 0 Å². The molecular formula is C9H17O2. The van der Waals surface area contributed by atoms with Crippen molar-refractivity contribution < 1.29 is 9.53 Å². The molecular weight excluding hydrogens is 140 g/mol. The van der Waals surface area contributed by atoms with E-state index >= 15 is 0 Å². The first-order valence-electron chi connectivity index (χ1n) is 4.19. The summed E-state index contributed by atoms with van der Waals surface area (Å²) >= 11 is 0. The molecule has 0 heterocycles. The summed E-state index contributed by atoms with van der Waals surface area (Å²) in [5.41, 5.74) is 0. The molecule has 0 aliphatic heterocycles. The van der Waals surface area contributed by atoms with Gasteiger partial charge in [-0.05, 0) is 20.3 Å². The molecule has 1 atom stereocenters. The Morgan fingerprint density at radius 1 is 1.55 bits per heavy atom. The van der Waals surface area contributed by atoms with E-state index in [2.05, 4.69) is 13.8 Å². The predicted molar refractivity (Wildman–Crippen MR) is 45.1 cm³/mol. The number of carbonyl (C=O) groups is 1. The molecule has 0 bridgehead atoms. The third-order valence-corrected chi connectivity index (χ3v) is 1.32. The fourth-order valence-electron chi connectivity index (χ4n) is 0.803. The maximum absolute atomic E-state index is 10.9. The Labute approximate surface area is 68.9 Å². The summed E-state index contributed by atoms with van der Waals surface area (Å²) in [6.07, 6.45) is 3.48. The average Bonchev–Trinajstić information content (AvgIpc) is 1.86. The molecule has 11 heavy (non-hydrogen) atoms. The van der Waals surface area contributed by atoms with E-state index in [4.69, 9.17) is 4.74 Å². The first-order valence-corrected chi connectivity index (χ1v) is 4.19. The molecule has 0 fully saturated rings. The van der Waals surface area contributed by atoms with Crippen LogP contribution in [0.2, 0.25) is 0 Å². The summed E-state index contributed by atoms with van der Waals surface area (Å²) in [6, 6.07) is 0. The zero-order valence-electron chi connectivity index (χ0n) is 7.43. The highest BCUT2D eigenvalue weighted by Crippen LogP contribution is 2.01. The van der Waals surface area contributed by atoms with Crippen molar-refractivity contribution in [2.75, 3.05) is 0 Å². The van der Waals surface area contributed by atoms with E-state index in [0.717, 1.165) is 19.3 Å². The van der Waals surface area contributed by atoms with Gasteiger partial charge in [0.25, 0.3) is 0 Å². The lowest BCUT2D eigenvalue weighted by molar-refractivity contribution is -0.146. The van der Waals surface area contributed by atoms with Crippen LogP contribution in [-0.2, 0) is 9.53 Å². The minimum absolute atomic E-state index is 0.124. The number of hydrogen-bond acceptors (Lipinski definition) is 2. The van der Waals surface area contributed by atoms with Crippen molar-refractivity contribution in [1.82, 2.24) is 0 Å². The lowest BCUT2D eigenvalue weighted by Gasteiger charge is -2.06. The second-order valence-corrected chi connectivity index (χ2v) is 2.76. The Hall–Kier alpha value is -0.530. The number of unbranched alkanes of at least 4 members (excludes halogenated alkanes) is 2. The predicted octanol–water partition coefficient (Wildman–Crippen LogP) is 2.33. The van der Waals surface area contributed by atoms with Crippen LogP contribution < -0.4 is 0 Å². The summed E-state index contributed by atoms with van der Waals surface area (Å²) in [4.78, 5) is 10.9. The van der Waals surface area contributed by atoms with Crippen LogP contribution in [0.3, 0.4) is 0 Å². The van der Waals surface area contributed by atoms with Gasteiger partial charge in [-0.25, -0.2) is 0 Å². The molecule has 1 radical (unpaired) electrons. The SMILES string of the molecule is [CH2]C(C)OC(=O)CCCCC. The molecule has 65 valence electrons. The van der Waals surface area contributed by atoms with Gasteiger partial charge in [-0.1, -0.05) is 19.8 Å². The van der Waals surface area contributed by atoms with Crippen LogP contribution in [-0.4, -0.2) is 12.1 Å². The third kappa shape index (κ3) is 7.37. The second kappa shape index (κ2) is 6.20. The summed E-state index contributed by atoms with van der Waals surface area (Å²) < 4.78 is 4.85. The van der Waals surface area contributed by atoms with Gasteiger partial charge in [0.1, 0.15) is 0 Å². The van der Waals surface area contributed by atoms with E-state index in [1.165, 1.54) is 0 Å². The van der Waals surface area contributed by atoms with Crippen LogP contribution >= 0.6 is 0 Å². The van der Waals surface area contributed by atoms with Crippen LogP contribution in [0.4, 0.5) is 0 Å². The van der Waals surface area contributed by atoms with Crippen LogP contribution in [0.15, 0.2) is 0 Å². The Morgan fingerprint density at radius 2 is 2.18 bits per heavy atom. The molecule has 0 aromatic carbocycles. The van der Waals surface area contributed by atoms with Crippen molar-refractivity contribution in [3.63, 3.8) is 0 Å². The van der Waals surface area contributed by atoms with E-state index in [0.29, 0.717) is 6.42 Å². The molecule has 2 heteroatoms. The third-order valence-electron chi connectivity index (χ3n) is 1.32. The van der Waals surface area contributed by atoms with Gasteiger partial charge < -0.3 is 4.74 Å². The first kappa shape index (κ1) is 10.5. The molecule has 0 aliphatic rings. The summed E-state index contributed by atoms with van der Waals surface area (Å²) in [5.74, 6) is -0.124. The average molecular weight is 157 g/mol. The molecule has 0 aromatic rings. The van der Waals surface area contributed by atoms with Crippen molar-refractivity contribution >= 4 is 5.97 Å². The number of hydrogen-bond donors (Lipinski definition) is 0. The van der Waals surface area contributed by atoms with Gasteiger partial charge in [0.05, 0.1) is 6.10 Å². The second-order valence-electron chi connectivity index (χ2n) is 2.76. The standard InChI is InChI=1S/C9H17O2/c1-4-5-6-7-9(10)11-8(2)3/h8H,2,4-7H2,1,3H3. The molecule has 0 rings (SSSR count). The Balaban J connectivity index is 3.23. The number of esters is 1. The fraction of sp³-hybridized carbons (Fsp3) is 0.778. The van der Waals surface area contributed by atoms with Crippen molar-refractivity contribution in [3.8, 4) is 0 Å². The van der Waals surface area contributed by atoms with E-state index in [1.54, 1.807) is 6.92 Å². The van der Waals surface area contributed by atoms with Crippen molar-refractivity contribution in [2.45, 2.75) is 45.6 Å². The number of ether oxygens (including phenoxy) is 1. The van der Waals surface area contributed by atoms with Crippen LogP contribution in [0, 0.1) is 6.92 Å². The van der Waals surface area contributed by atoms with Gasteiger partial charge in [-0.3, -0.25) is 4.79 Å². The monoisotopic (exact) mass is 157 g/mol. The molecule has 0 spiro atoms. The van der Waals surface area contributed by atoms with Gasteiger partial charge in [0.2, 0.25) is 0 Å². The highest BCUT2D eigenvalue weighted by Gasteiger charge is 2.03. The minimum atomic E-state index is -0.218. The molecule has 1 unspecified atom stereocenters. The summed E-state index contributed by atoms with van der Waals surface area (Å²) in [5, 5.41) is 0. The number of carbonyl (C=O) groups excluding carboxylic acids is 1. The van der Waals surface area contributed by atoms with Crippen molar-refractivity contribution in [3.05, 3.63) is 6.92 Å². The van der Waals surface area contributed by atoms with Crippen LogP contribution in [0.1, 0.15) is 39.5 Å². The number of rotatable bonds is 5. The fourth-order valence-corrected chi connectivity index (χ4v) is 0.803. The normalized spacial score (nSPS) is 10.2. The summed E-state index contributed by atoms with van der Waals surface area (Å²) in [7, 11) is 0. The van der Waals surface area contributed by atoms with E-state index in [-0.39, 0.29) is 12.1 Å². The Bertz CT molecular complexity index is 108. The maximum atomic E-state index is 10.9. The Kier molecular flexibility index (Phi) is 5.90. The van der Waals surface area contributed by atoms with Gasteiger partial charge in [0, 0.05) is 6.42 Å². The van der Waals surface area contributed by atoms with E-state index < -0.39 is 0 Å². The molecule has 0 aliphatic carbocycles. The zero-order chi connectivity index (χ0) is 8.69. The van der Waals surface area contributed by atoms with Gasteiger partial charge in [0.15, 0.2) is 0 Å². The van der Waals surface area contributed by atoms with Crippen LogP contribution in [0.5, 0.6) is 0 Å². The van der Waals surface area contributed by atoms with Gasteiger partial charge >= 0.3 is 5.97 Å². The molecule has 0 aromatic heterocycles. The van der Waals surface area contributed by atoms with Crippen molar-refractivity contribution in [1.29, 1.82) is 0 Å². The van der Waals surface area contributed by atoms with E-state index in [9.17, 15) is 4.79 Å². The topological polar surface area (TPSA) is 26.3 Å². The molecule has 0 N–H and O–H groups in total. The van der Waals surface area contributed by atoms with Crippen LogP contribution in [0.25, 0.3) is 0 Å². The molecule has 0 amide bonds. The lowest BCUT2D eigenvalue weighted by Crippen LogP contribution is -2.10.